The topological polar surface area (TPSA) is 55.6 Å². The molecular weight excluding hydrogens is 228 g/mol. The number of esters is 1. The summed E-state index contributed by atoms with van der Waals surface area (Å²) in [5.74, 6) is 0.394. The van der Waals surface area contributed by atoms with Crippen molar-refractivity contribution in [1.82, 2.24) is 0 Å². The molecule has 0 bridgehead atoms. The maximum atomic E-state index is 11.8. The number of rotatable bonds is 3. The lowest BCUT2D eigenvalue weighted by Gasteiger charge is -2.21. The van der Waals surface area contributed by atoms with E-state index >= 15 is 0 Å². The Balaban J connectivity index is 2.30. The molecule has 1 fully saturated rings. The highest BCUT2D eigenvalue weighted by Crippen LogP contribution is 2.30. The summed E-state index contributed by atoms with van der Waals surface area (Å²) in [6.45, 7) is 4.20. The van der Waals surface area contributed by atoms with Crippen LogP contribution in [0.25, 0.3) is 0 Å². The number of anilines is 2. The van der Waals surface area contributed by atoms with Gasteiger partial charge in [0.2, 0.25) is 0 Å². The largest absolute Gasteiger partial charge is 0.465 e. The fourth-order valence-corrected chi connectivity index (χ4v) is 2.49. The fourth-order valence-electron chi connectivity index (χ4n) is 2.49. The van der Waals surface area contributed by atoms with Crippen molar-refractivity contribution in [3.05, 3.63) is 23.8 Å². The fraction of sp³-hybridized carbons (Fsp3) is 0.500. The van der Waals surface area contributed by atoms with Gasteiger partial charge in [0, 0.05) is 18.8 Å². The van der Waals surface area contributed by atoms with Crippen LogP contribution in [0.15, 0.2) is 18.2 Å². The van der Waals surface area contributed by atoms with Crippen LogP contribution in [0.5, 0.6) is 0 Å². The van der Waals surface area contributed by atoms with Gasteiger partial charge in [-0.2, -0.15) is 0 Å². The minimum Gasteiger partial charge on any atom is -0.465 e. The van der Waals surface area contributed by atoms with Gasteiger partial charge < -0.3 is 15.4 Å². The Labute approximate surface area is 108 Å². The molecule has 18 heavy (non-hydrogen) atoms. The Morgan fingerprint density at radius 2 is 2.33 bits per heavy atom. The standard InChI is InChI=1S/C14H20N2O2/c1-3-10-6-7-16(9-10)13-5-4-11(15)8-12(13)14(17)18-2/h4-5,8,10H,3,6-7,9,15H2,1-2H3. The predicted octanol–water partition coefficient (Wildman–Crippen LogP) is 2.29. The molecule has 1 atom stereocenters. The lowest BCUT2D eigenvalue weighted by molar-refractivity contribution is 0.0601. The van der Waals surface area contributed by atoms with Gasteiger partial charge >= 0.3 is 5.97 Å². The first-order chi connectivity index (χ1) is 8.65. The lowest BCUT2D eigenvalue weighted by Crippen LogP contribution is -2.22. The summed E-state index contributed by atoms with van der Waals surface area (Å²) in [7, 11) is 1.40. The second-order valence-corrected chi connectivity index (χ2v) is 4.78. The molecule has 98 valence electrons. The SMILES string of the molecule is CCC1CCN(c2ccc(N)cc2C(=O)OC)C1. The van der Waals surface area contributed by atoms with E-state index in [2.05, 4.69) is 11.8 Å². The van der Waals surface area contributed by atoms with E-state index in [0.29, 0.717) is 17.2 Å². The summed E-state index contributed by atoms with van der Waals surface area (Å²) in [6, 6.07) is 5.45. The molecule has 1 aliphatic rings. The molecule has 1 unspecified atom stereocenters. The van der Waals surface area contributed by atoms with E-state index in [4.69, 9.17) is 10.5 Å². The maximum absolute atomic E-state index is 11.8. The third kappa shape index (κ3) is 2.42. The Kier molecular flexibility index (Phi) is 3.75. The predicted molar refractivity (Wildman–Crippen MR) is 72.8 cm³/mol. The van der Waals surface area contributed by atoms with Crippen LogP contribution in [0.2, 0.25) is 0 Å². The van der Waals surface area contributed by atoms with E-state index < -0.39 is 0 Å². The molecule has 0 aliphatic carbocycles. The van der Waals surface area contributed by atoms with Crippen molar-refractivity contribution in [2.75, 3.05) is 30.8 Å². The van der Waals surface area contributed by atoms with Gasteiger partial charge in [-0.15, -0.1) is 0 Å². The van der Waals surface area contributed by atoms with E-state index in [1.54, 1.807) is 6.07 Å². The molecule has 0 saturated carbocycles. The number of ether oxygens (including phenoxy) is 1. The summed E-state index contributed by atoms with van der Waals surface area (Å²) < 4.78 is 4.82. The number of carbonyl (C=O) groups is 1. The summed E-state index contributed by atoms with van der Waals surface area (Å²) in [6.07, 6.45) is 2.36. The van der Waals surface area contributed by atoms with E-state index in [9.17, 15) is 4.79 Å². The van der Waals surface area contributed by atoms with Crippen molar-refractivity contribution in [3.8, 4) is 0 Å². The third-order valence-electron chi connectivity index (χ3n) is 3.63. The van der Waals surface area contributed by atoms with Crippen molar-refractivity contribution in [3.63, 3.8) is 0 Å². The van der Waals surface area contributed by atoms with Crippen LogP contribution < -0.4 is 10.6 Å². The highest BCUT2D eigenvalue weighted by atomic mass is 16.5. The molecule has 0 aromatic heterocycles. The number of nitrogens with two attached hydrogens (primary N) is 1. The summed E-state index contributed by atoms with van der Waals surface area (Å²) in [5, 5.41) is 0. The number of benzene rings is 1. The van der Waals surface area contributed by atoms with Gasteiger partial charge in [0.05, 0.1) is 18.4 Å². The average Bonchev–Trinajstić information content (AvgIpc) is 2.86. The molecule has 1 aromatic carbocycles. The van der Waals surface area contributed by atoms with Gasteiger partial charge in [-0.05, 0) is 30.5 Å². The van der Waals surface area contributed by atoms with Crippen LogP contribution in [-0.4, -0.2) is 26.2 Å². The summed E-state index contributed by atoms with van der Waals surface area (Å²) in [4.78, 5) is 14.0. The van der Waals surface area contributed by atoms with Crippen LogP contribution in [0.3, 0.4) is 0 Å². The highest BCUT2D eigenvalue weighted by Gasteiger charge is 2.25. The second-order valence-electron chi connectivity index (χ2n) is 4.78. The van der Waals surface area contributed by atoms with Gasteiger partial charge in [-0.25, -0.2) is 4.79 Å². The Morgan fingerprint density at radius 1 is 1.56 bits per heavy atom. The Morgan fingerprint density at radius 3 is 2.94 bits per heavy atom. The van der Waals surface area contributed by atoms with Gasteiger partial charge in [-0.1, -0.05) is 13.3 Å². The second kappa shape index (κ2) is 5.29. The van der Waals surface area contributed by atoms with E-state index in [-0.39, 0.29) is 5.97 Å². The molecule has 1 aliphatic heterocycles. The molecule has 1 saturated heterocycles. The zero-order chi connectivity index (χ0) is 13.1. The molecular formula is C14H20N2O2. The minimum absolute atomic E-state index is 0.322. The van der Waals surface area contributed by atoms with Crippen LogP contribution in [-0.2, 0) is 4.74 Å². The molecule has 4 heteroatoms. The van der Waals surface area contributed by atoms with Gasteiger partial charge in [0.15, 0.2) is 0 Å². The number of methoxy groups -OCH3 is 1. The first-order valence-electron chi connectivity index (χ1n) is 6.38. The summed E-state index contributed by atoms with van der Waals surface area (Å²) >= 11 is 0. The first kappa shape index (κ1) is 12.7. The zero-order valence-electron chi connectivity index (χ0n) is 11.0. The third-order valence-corrected chi connectivity index (χ3v) is 3.63. The van der Waals surface area contributed by atoms with Crippen molar-refractivity contribution >= 4 is 17.3 Å². The molecule has 1 heterocycles. The van der Waals surface area contributed by atoms with Crippen LogP contribution >= 0.6 is 0 Å². The zero-order valence-corrected chi connectivity index (χ0v) is 11.0. The van der Waals surface area contributed by atoms with Gasteiger partial charge in [0.25, 0.3) is 0 Å². The number of nitrogens with zero attached hydrogens (tertiary/aromatic N) is 1. The van der Waals surface area contributed by atoms with Crippen molar-refractivity contribution in [2.24, 2.45) is 5.92 Å². The normalized spacial score (nSPS) is 19.0. The molecule has 4 nitrogen and oxygen atoms in total. The monoisotopic (exact) mass is 248 g/mol. The van der Waals surface area contributed by atoms with E-state index in [1.807, 2.05) is 12.1 Å². The maximum Gasteiger partial charge on any atom is 0.340 e. The van der Waals surface area contributed by atoms with E-state index in [1.165, 1.54) is 20.0 Å². The molecule has 2 rings (SSSR count). The number of hydrogen-bond donors (Lipinski definition) is 1. The Bertz CT molecular complexity index is 445. The van der Waals surface area contributed by atoms with E-state index in [0.717, 1.165) is 18.8 Å². The quantitative estimate of drug-likeness (QED) is 0.658. The molecule has 0 amide bonds. The molecule has 0 spiro atoms. The highest BCUT2D eigenvalue weighted by molar-refractivity contribution is 5.97. The van der Waals surface area contributed by atoms with Gasteiger partial charge in [0.1, 0.15) is 0 Å². The van der Waals surface area contributed by atoms with Crippen molar-refractivity contribution in [2.45, 2.75) is 19.8 Å². The number of hydrogen-bond acceptors (Lipinski definition) is 4. The molecule has 1 aromatic rings. The van der Waals surface area contributed by atoms with Crippen LogP contribution in [0.1, 0.15) is 30.1 Å². The smallest absolute Gasteiger partial charge is 0.340 e. The van der Waals surface area contributed by atoms with Gasteiger partial charge in [-0.3, -0.25) is 0 Å². The molecule has 2 N–H and O–H groups in total. The minimum atomic E-state index is -0.322. The number of nitrogen functional groups attached to an aromatic ring is 1. The van der Waals surface area contributed by atoms with Crippen molar-refractivity contribution in [1.29, 1.82) is 0 Å². The summed E-state index contributed by atoms with van der Waals surface area (Å²) in [5.41, 5.74) is 7.84. The average molecular weight is 248 g/mol. The lowest BCUT2D eigenvalue weighted by atomic mass is 10.1. The first-order valence-corrected chi connectivity index (χ1v) is 6.38. The Hall–Kier alpha value is -1.71. The number of carbonyl (C=O) groups excluding carboxylic acids is 1. The van der Waals surface area contributed by atoms with Crippen LogP contribution in [0, 0.1) is 5.92 Å². The van der Waals surface area contributed by atoms with Crippen molar-refractivity contribution < 1.29 is 9.53 Å². The van der Waals surface area contributed by atoms with Crippen LogP contribution in [0.4, 0.5) is 11.4 Å². The molecule has 0 radical (unpaired) electrons.